The van der Waals surface area contributed by atoms with Crippen molar-refractivity contribution < 1.29 is 23.0 Å². The minimum Gasteiger partial charge on any atom is -0.481 e. The van der Waals surface area contributed by atoms with E-state index in [1.807, 2.05) is 0 Å². The first-order valence-electron chi connectivity index (χ1n) is 4.65. The molecule has 0 unspecified atom stereocenters. The Morgan fingerprint density at radius 1 is 1.41 bits per heavy atom. The number of pyridine rings is 1. The number of alkyl halides is 4. The van der Waals surface area contributed by atoms with Gasteiger partial charge in [0.25, 0.3) is 0 Å². The normalized spacial score (nSPS) is 12.6. The van der Waals surface area contributed by atoms with Crippen LogP contribution in [0.1, 0.15) is 25.1 Å². The Balaban J connectivity index is 3.33. The number of nitrogens with zero attached hydrogens (tertiary/aromatic N) is 1. The van der Waals surface area contributed by atoms with Crippen molar-refractivity contribution in [1.82, 2.24) is 4.98 Å². The lowest BCUT2D eigenvalue weighted by atomic mass is 9.99. The molecule has 96 valence electrons. The molecule has 0 aliphatic rings. The summed E-state index contributed by atoms with van der Waals surface area (Å²) in [7, 11) is 0. The van der Waals surface area contributed by atoms with Crippen LogP contribution in [-0.2, 0) is 11.8 Å². The van der Waals surface area contributed by atoms with E-state index in [1.165, 1.54) is 13.8 Å². The van der Waals surface area contributed by atoms with Crippen LogP contribution in [0.15, 0.2) is 12.3 Å². The summed E-state index contributed by atoms with van der Waals surface area (Å²) >= 11 is 2.94. The van der Waals surface area contributed by atoms with Gasteiger partial charge in [-0.15, -0.1) is 0 Å². The zero-order valence-electron chi connectivity index (χ0n) is 9.18. The highest BCUT2D eigenvalue weighted by atomic mass is 79.9. The molecule has 0 aliphatic heterocycles. The topological polar surface area (TPSA) is 42.4 Å². The number of halogens is 4. The number of hydrogen-bond donors (Lipinski definition) is 1. The van der Waals surface area contributed by atoms with Gasteiger partial charge in [-0.3, -0.25) is 4.98 Å². The van der Waals surface area contributed by atoms with Crippen LogP contribution in [0, 0.1) is 0 Å². The van der Waals surface area contributed by atoms with Gasteiger partial charge in [-0.25, -0.2) is 0 Å². The van der Waals surface area contributed by atoms with Gasteiger partial charge in [0.15, 0.2) is 0 Å². The summed E-state index contributed by atoms with van der Waals surface area (Å²) in [6.07, 6.45) is -3.45. The number of aliphatic hydroxyl groups is 1. The highest BCUT2D eigenvalue weighted by Gasteiger charge is 2.38. The van der Waals surface area contributed by atoms with Crippen LogP contribution in [0.25, 0.3) is 0 Å². The van der Waals surface area contributed by atoms with Crippen molar-refractivity contribution in [2.75, 3.05) is 5.52 Å². The first-order valence-corrected chi connectivity index (χ1v) is 5.77. The quantitative estimate of drug-likeness (QED) is 0.872. The van der Waals surface area contributed by atoms with Crippen LogP contribution in [-0.4, -0.2) is 15.6 Å². The lowest BCUT2D eigenvalue weighted by Crippen LogP contribution is -2.24. The Morgan fingerprint density at radius 2 is 2.00 bits per heavy atom. The van der Waals surface area contributed by atoms with E-state index in [4.69, 9.17) is 4.74 Å². The van der Waals surface area contributed by atoms with Gasteiger partial charge in [-0.05, 0) is 35.8 Å². The van der Waals surface area contributed by atoms with Crippen molar-refractivity contribution in [3.63, 3.8) is 0 Å². The van der Waals surface area contributed by atoms with Crippen molar-refractivity contribution in [3.8, 4) is 5.75 Å². The van der Waals surface area contributed by atoms with Crippen LogP contribution >= 0.6 is 15.9 Å². The molecule has 0 aliphatic carbocycles. The summed E-state index contributed by atoms with van der Waals surface area (Å²) in [5, 5.41) is 9.64. The van der Waals surface area contributed by atoms with Crippen LogP contribution < -0.4 is 4.74 Å². The van der Waals surface area contributed by atoms with Crippen LogP contribution in [0.4, 0.5) is 13.2 Å². The number of aromatic nitrogens is 1. The van der Waals surface area contributed by atoms with Gasteiger partial charge >= 0.3 is 6.18 Å². The molecule has 1 aromatic rings. The second-order valence-corrected chi connectivity index (χ2v) is 4.34. The average Bonchev–Trinajstić information content (AvgIpc) is 2.15. The van der Waals surface area contributed by atoms with Crippen LogP contribution in [0.3, 0.4) is 0 Å². The van der Waals surface area contributed by atoms with Crippen molar-refractivity contribution >= 4 is 15.9 Å². The van der Waals surface area contributed by atoms with Gasteiger partial charge in [-0.1, -0.05) is 0 Å². The molecular weight excluding hydrogens is 303 g/mol. The minimum absolute atomic E-state index is 0.0119. The molecule has 0 atom stereocenters. The third kappa shape index (κ3) is 3.57. The molecule has 17 heavy (non-hydrogen) atoms. The lowest BCUT2D eigenvalue weighted by molar-refractivity contribution is -0.140. The van der Waals surface area contributed by atoms with E-state index >= 15 is 0 Å². The van der Waals surface area contributed by atoms with Crippen molar-refractivity contribution in [3.05, 3.63) is 23.5 Å². The van der Waals surface area contributed by atoms with E-state index in [0.29, 0.717) is 0 Å². The molecular formula is C10H11BrF3NO2. The van der Waals surface area contributed by atoms with E-state index in [0.717, 1.165) is 12.3 Å². The molecule has 0 fully saturated rings. The molecule has 0 bridgehead atoms. The van der Waals surface area contributed by atoms with Gasteiger partial charge in [0, 0.05) is 0 Å². The molecule has 3 nitrogen and oxygen atoms in total. The SMILES string of the molecule is CC(C)(O)c1ncc(OCBr)cc1C(F)(F)F. The van der Waals surface area contributed by atoms with E-state index < -0.39 is 23.0 Å². The molecule has 0 spiro atoms. The van der Waals surface area contributed by atoms with Crippen LogP contribution in [0.5, 0.6) is 5.75 Å². The summed E-state index contributed by atoms with van der Waals surface area (Å²) in [5.41, 5.74) is -3.03. The summed E-state index contributed by atoms with van der Waals surface area (Å²) in [4.78, 5) is 3.62. The molecule has 0 saturated carbocycles. The number of hydrogen-bond acceptors (Lipinski definition) is 3. The Bertz CT molecular complexity index is 402. The second-order valence-electron chi connectivity index (χ2n) is 3.88. The summed E-state index contributed by atoms with van der Waals surface area (Å²) < 4.78 is 43.2. The molecule has 1 heterocycles. The predicted molar refractivity (Wildman–Crippen MR) is 58.9 cm³/mol. The number of rotatable bonds is 3. The molecule has 7 heteroatoms. The van der Waals surface area contributed by atoms with Gasteiger partial charge < -0.3 is 9.84 Å². The maximum Gasteiger partial charge on any atom is 0.418 e. The Hall–Kier alpha value is -0.820. The first-order chi connectivity index (χ1) is 7.66. The van der Waals surface area contributed by atoms with Crippen molar-refractivity contribution in [2.45, 2.75) is 25.6 Å². The average molecular weight is 314 g/mol. The highest BCUT2D eigenvalue weighted by Crippen LogP contribution is 2.37. The van der Waals surface area contributed by atoms with Gasteiger partial charge in [-0.2, -0.15) is 13.2 Å². The summed E-state index contributed by atoms with van der Waals surface area (Å²) in [6.45, 7) is 2.49. The summed E-state index contributed by atoms with van der Waals surface area (Å²) in [6, 6.07) is 0.821. The van der Waals surface area contributed by atoms with Gasteiger partial charge in [0.1, 0.15) is 16.9 Å². The molecule has 1 aromatic heterocycles. The predicted octanol–water partition coefficient (Wildman–Crippen LogP) is 3.06. The van der Waals surface area contributed by atoms with E-state index in [9.17, 15) is 18.3 Å². The molecule has 0 radical (unpaired) electrons. The Kier molecular flexibility index (Phi) is 4.03. The lowest BCUT2D eigenvalue weighted by Gasteiger charge is -2.22. The molecule has 0 saturated heterocycles. The van der Waals surface area contributed by atoms with E-state index in [1.54, 1.807) is 0 Å². The maximum atomic E-state index is 12.8. The highest BCUT2D eigenvalue weighted by molar-refractivity contribution is 9.09. The van der Waals surface area contributed by atoms with Crippen LogP contribution in [0.2, 0.25) is 0 Å². The van der Waals surface area contributed by atoms with Crippen molar-refractivity contribution in [2.24, 2.45) is 0 Å². The monoisotopic (exact) mass is 313 g/mol. The third-order valence-corrected chi connectivity index (χ3v) is 2.20. The maximum absolute atomic E-state index is 12.8. The molecule has 0 aromatic carbocycles. The smallest absolute Gasteiger partial charge is 0.418 e. The second kappa shape index (κ2) is 4.81. The Morgan fingerprint density at radius 3 is 2.41 bits per heavy atom. The minimum atomic E-state index is -4.59. The summed E-state index contributed by atoms with van der Waals surface area (Å²) in [5.74, 6) is -0.0119. The first kappa shape index (κ1) is 14.2. The van der Waals surface area contributed by atoms with E-state index in [2.05, 4.69) is 20.9 Å². The zero-order valence-corrected chi connectivity index (χ0v) is 10.8. The van der Waals surface area contributed by atoms with Gasteiger partial charge in [0.05, 0.1) is 17.5 Å². The fourth-order valence-corrected chi connectivity index (χ4v) is 1.56. The molecule has 1 N–H and O–H groups in total. The largest absolute Gasteiger partial charge is 0.481 e. The zero-order chi connectivity index (χ0) is 13.3. The van der Waals surface area contributed by atoms with E-state index in [-0.39, 0.29) is 11.3 Å². The number of ether oxygens (including phenoxy) is 1. The fourth-order valence-electron chi connectivity index (χ4n) is 1.29. The Labute approximate surface area is 105 Å². The molecule has 0 amide bonds. The fraction of sp³-hybridized carbons (Fsp3) is 0.500. The molecule has 1 rings (SSSR count). The third-order valence-electron chi connectivity index (χ3n) is 1.97. The van der Waals surface area contributed by atoms with Gasteiger partial charge in [0.2, 0.25) is 0 Å². The standard InChI is InChI=1S/C10H11BrF3NO2/c1-9(2,16)8-7(10(12,13)14)3-6(4-15-8)17-5-11/h3-4,16H,5H2,1-2H3. The van der Waals surface area contributed by atoms with Crippen molar-refractivity contribution in [1.29, 1.82) is 0 Å².